The Morgan fingerprint density at radius 3 is 1.44 bits per heavy atom. The second-order valence-corrected chi connectivity index (χ2v) is 6.92. The highest BCUT2D eigenvalue weighted by Gasteiger charge is 2.42. The second kappa shape index (κ2) is 3.50. The average Bonchev–Trinajstić information content (AvgIpc) is 2.68. The van der Waals surface area contributed by atoms with Crippen LogP contribution in [0.3, 0.4) is 0 Å². The molecule has 0 amide bonds. The standard InChI is InChI=1S/C18H24/c1-10-7-14-9-15-8-11(2)13(4)17(15)18(5,6)16(14)12(10)3/h7-9H2,1-6H3. The molecule has 0 aromatic heterocycles. The van der Waals surface area contributed by atoms with E-state index in [9.17, 15) is 0 Å². The minimum Gasteiger partial charge on any atom is -0.0660 e. The molecule has 0 heterocycles. The molecule has 0 radical (unpaired) electrons. The van der Waals surface area contributed by atoms with Crippen molar-refractivity contribution in [3.63, 3.8) is 0 Å². The molecule has 0 aliphatic heterocycles. The highest BCUT2D eigenvalue weighted by atomic mass is 14.5. The van der Waals surface area contributed by atoms with Crippen molar-refractivity contribution in [2.24, 2.45) is 5.41 Å². The molecule has 0 spiro atoms. The summed E-state index contributed by atoms with van der Waals surface area (Å²) in [5, 5.41) is 0. The Bertz CT molecular complexity index is 521. The molecule has 18 heavy (non-hydrogen) atoms. The van der Waals surface area contributed by atoms with Gasteiger partial charge in [0.25, 0.3) is 0 Å². The first kappa shape index (κ1) is 12.0. The lowest BCUT2D eigenvalue weighted by Crippen LogP contribution is -2.23. The van der Waals surface area contributed by atoms with Gasteiger partial charge in [0.15, 0.2) is 0 Å². The Hall–Kier alpha value is -1.04. The molecule has 3 aliphatic carbocycles. The Kier molecular flexibility index (Phi) is 2.33. The highest BCUT2D eigenvalue weighted by Crippen LogP contribution is 2.57. The topological polar surface area (TPSA) is 0 Å². The van der Waals surface area contributed by atoms with Crippen LogP contribution in [0.25, 0.3) is 0 Å². The van der Waals surface area contributed by atoms with Gasteiger partial charge >= 0.3 is 0 Å². The fourth-order valence-corrected chi connectivity index (χ4v) is 4.54. The third kappa shape index (κ3) is 1.32. The quantitative estimate of drug-likeness (QED) is 0.525. The lowest BCUT2D eigenvalue weighted by atomic mass is 9.67. The molecule has 0 fully saturated rings. The van der Waals surface area contributed by atoms with Crippen LogP contribution in [0.4, 0.5) is 0 Å². The van der Waals surface area contributed by atoms with Crippen molar-refractivity contribution in [3.8, 4) is 0 Å². The predicted octanol–water partition coefficient (Wildman–Crippen LogP) is 5.49. The molecule has 0 atom stereocenters. The molecule has 0 unspecified atom stereocenters. The Morgan fingerprint density at radius 1 is 0.667 bits per heavy atom. The fraction of sp³-hybridized carbons (Fsp3) is 0.556. The van der Waals surface area contributed by atoms with Crippen LogP contribution in [0.15, 0.2) is 44.6 Å². The summed E-state index contributed by atoms with van der Waals surface area (Å²) in [5.74, 6) is 0. The van der Waals surface area contributed by atoms with Crippen LogP contribution in [0.5, 0.6) is 0 Å². The fourth-order valence-electron chi connectivity index (χ4n) is 4.54. The zero-order valence-electron chi connectivity index (χ0n) is 12.6. The van der Waals surface area contributed by atoms with Crippen molar-refractivity contribution in [3.05, 3.63) is 44.6 Å². The second-order valence-electron chi connectivity index (χ2n) is 6.92. The van der Waals surface area contributed by atoms with Crippen molar-refractivity contribution < 1.29 is 0 Å². The summed E-state index contributed by atoms with van der Waals surface area (Å²) >= 11 is 0. The monoisotopic (exact) mass is 240 g/mol. The van der Waals surface area contributed by atoms with Gasteiger partial charge in [-0.3, -0.25) is 0 Å². The van der Waals surface area contributed by atoms with E-state index in [1.165, 1.54) is 19.3 Å². The third-order valence-electron chi connectivity index (χ3n) is 5.37. The summed E-state index contributed by atoms with van der Waals surface area (Å²) in [4.78, 5) is 0. The lowest BCUT2D eigenvalue weighted by molar-refractivity contribution is 0.529. The van der Waals surface area contributed by atoms with Crippen molar-refractivity contribution in [2.75, 3.05) is 0 Å². The Balaban J connectivity index is 2.15. The van der Waals surface area contributed by atoms with Crippen molar-refractivity contribution in [2.45, 2.75) is 60.8 Å². The van der Waals surface area contributed by atoms with Crippen molar-refractivity contribution >= 4 is 0 Å². The molecule has 3 rings (SSSR count). The molecule has 96 valence electrons. The lowest BCUT2D eigenvalue weighted by Gasteiger charge is -2.37. The summed E-state index contributed by atoms with van der Waals surface area (Å²) in [7, 11) is 0. The largest absolute Gasteiger partial charge is 0.0660 e. The van der Waals surface area contributed by atoms with E-state index in [0.29, 0.717) is 0 Å². The zero-order chi connectivity index (χ0) is 13.2. The molecule has 0 aromatic rings. The van der Waals surface area contributed by atoms with Crippen LogP contribution >= 0.6 is 0 Å². The van der Waals surface area contributed by atoms with E-state index in [1.54, 1.807) is 44.6 Å². The van der Waals surface area contributed by atoms with Gasteiger partial charge in [-0.1, -0.05) is 36.1 Å². The van der Waals surface area contributed by atoms with E-state index in [2.05, 4.69) is 41.5 Å². The van der Waals surface area contributed by atoms with E-state index in [0.717, 1.165) is 0 Å². The molecule has 0 saturated carbocycles. The number of rotatable bonds is 0. The van der Waals surface area contributed by atoms with Crippen LogP contribution in [0, 0.1) is 5.41 Å². The van der Waals surface area contributed by atoms with Gasteiger partial charge in [0.1, 0.15) is 0 Å². The summed E-state index contributed by atoms with van der Waals surface area (Å²) in [6.07, 6.45) is 3.68. The first-order chi connectivity index (χ1) is 8.34. The third-order valence-corrected chi connectivity index (χ3v) is 5.37. The van der Waals surface area contributed by atoms with Gasteiger partial charge in [-0.2, -0.15) is 0 Å². The molecule has 0 heteroatoms. The van der Waals surface area contributed by atoms with Gasteiger partial charge in [-0.05, 0) is 69.2 Å². The minimum atomic E-state index is 0.229. The molecule has 0 bridgehead atoms. The van der Waals surface area contributed by atoms with Gasteiger partial charge < -0.3 is 0 Å². The van der Waals surface area contributed by atoms with E-state index in [1.807, 2.05) is 0 Å². The number of hydrogen-bond donors (Lipinski definition) is 0. The van der Waals surface area contributed by atoms with Crippen molar-refractivity contribution in [1.29, 1.82) is 0 Å². The van der Waals surface area contributed by atoms with Crippen molar-refractivity contribution in [1.82, 2.24) is 0 Å². The molecular formula is C18H24. The highest BCUT2D eigenvalue weighted by molar-refractivity contribution is 5.63. The van der Waals surface area contributed by atoms with E-state index >= 15 is 0 Å². The van der Waals surface area contributed by atoms with Crippen LogP contribution in [-0.4, -0.2) is 0 Å². The Morgan fingerprint density at radius 2 is 1.06 bits per heavy atom. The smallest absolute Gasteiger partial charge is 0.0151 e. The molecule has 0 N–H and O–H groups in total. The first-order valence-corrected chi connectivity index (χ1v) is 7.12. The molecule has 0 saturated heterocycles. The maximum absolute atomic E-state index is 2.43. The summed E-state index contributed by atoms with van der Waals surface area (Å²) < 4.78 is 0. The van der Waals surface area contributed by atoms with E-state index < -0.39 is 0 Å². The molecular weight excluding hydrogens is 216 g/mol. The van der Waals surface area contributed by atoms with Gasteiger partial charge in [0.2, 0.25) is 0 Å². The first-order valence-electron chi connectivity index (χ1n) is 7.12. The SMILES string of the molecule is CC1=C(C)C2=C(C1)CC1=C(C(C)=C(C)C1)C2(C)C. The van der Waals surface area contributed by atoms with E-state index in [-0.39, 0.29) is 5.41 Å². The summed E-state index contributed by atoms with van der Waals surface area (Å²) in [5.41, 5.74) is 13.3. The maximum atomic E-state index is 2.43. The maximum Gasteiger partial charge on any atom is 0.0151 e. The minimum absolute atomic E-state index is 0.229. The van der Waals surface area contributed by atoms with Gasteiger partial charge in [0.05, 0.1) is 0 Å². The summed E-state index contributed by atoms with van der Waals surface area (Å²) in [6.45, 7) is 14.1. The Labute approximate surface area is 111 Å². The number of allylic oxidation sites excluding steroid dienone is 8. The normalized spacial score (nSPS) is 26.3. The molecule has 0 aromatic carbocycles. The number of hydrogen-bond acceptors (Lipinski definition) is 0. The predicted molar refractivity (Wildman–Crippen MR) is 78.4 cm³/mol. The summed E-state index contributed by atoms with van der Waals surface area (Å²) in [6, 6.07) is 0. The molecule has 3 aliphatic rings. The average molecular weight is 240 g/mol. The van der Waals surface area contributed by atoms with Crippen LogP contribution in [0.1, 0.15) is 60.8 Å². The van der Waals surface area contributed by atoms with Gasteiger partial charge in [-0.15, -0.1) is 0 Å². The zero-order valence-corrected chi connectivity index (χ0v) is 12.6. The van der Waals surface area contributed by atoms with Gasteiger partial charge in [-0.25, -0.2) is 0 Å². The van der Waals surface area contributed by atoms with Gasteiger partial charge in [0, 0.05) is 5.41 Å². The van der Waals surface area contributed by atoms with E-state index in [4.69, 9.17) is 0 Å². The molecule has 0 nitrogen and oxygen atoms in total. The van der Waals surface area contributed by atoms with Crippen LogP contribution in [0.2, 0.25) is 0 Å². The van der Waals surface area contributed by atoms with Crippen LogP contribution < -0.4 is 0 Å². The van der Waals surface area contributed by atoms with Crippen LogP contribution in [-0.2, 0) is 0 Å².